The molecule has 2 amide bonds. The number of anilines is 1. The molecule has 0 radical (unpaired) electrons. The molecule has 0 fully saturated rings. The number of nitrogens with one attached hydrogen (secondary N) is 1. The lowest BCUT2D eigenvalue weighted by molar-refractivity contribution is -0.125. The van der Waals surface area contributed by atoms with E-state index in [1.54, 1.807) is 18.2 Å². The molecule has 0 saturated heterocycles. The van der Waals surface area contributed by atoms with Gasteiger partial charge in [0, 0.05) is 25.7 Å². The lowest BCUT2D eigenvalue weighted by atomic mass is 10.1. The second kappa shape index (κ2) is 6.29. The van der Waals surface area contributed by atoms with Gasteiger partial charge in [-0.15, -0.1) is 0 Å². The lowest BCUT2D eigenvalue weighted by Crippen LogP contribution is -2.58. The Morgan fingerprint density at radius 2 is 2.04 bits per heavy atom. The fraction of sp³-hybridized carbons (Fsp3) is 0.333. The number of hydrazine groups is 1. The molecule has 2 aromatic rings. The van der Waals surface area contributed by atoms with Gasteiger partial charge < -0.3 is 9.47 Å². The van der Waals surface area contributed by atoms with Crippen molar-refractivity contribution in [2.24, 2.45) is 12.0 Å². The number of fused-ring (bicyclic) bond motifs is 1. The van der Waals surface area contributed by atoms with Gasteiger partial charge >= 0.3 is 0 Å². The number of benzene rings is 1. The number of carbonyl (C=O) groups excluding carboxylic acids is 2. The van der Waals surface area contributed by atoms with Crippen molar-refractivity contribution in [1.29, 1.82) is 0 Å². The lowest BCUT2D eigenvalue weighted by Gasteiger charge is -2.33. The predicted octanol–water partition coefficient (Wildman–Crippen LogP) is 0.643. The second-order valence-electron chi connectivity index (χ2n) is 6.50. The van der Waals surface area contributed by atoms with Crippen LogP contribution in [-0.4, -0.2) is 44.7 Å². The maximum atomic E-state index is 13.0. The van der Waals surface area contributed by atoms with E-state index in [2.05, 4.69) is 15.4 Å². The summed E-state index contributed by atoms with van der Waals surface area (Å²) < 4.78 is 1.99. The average Bonchev–Trinajstić information content (AvgIpc) is 3.04. The molecule has 0 bridgehead atoms. The van der Waals surface area contributed by atoms with Crippen LogP contribution in [0.25, 0.3) is 0 Å². The summed E-state index contributed by atoms with van der Waals surface area (Å²) in [7, 11) is 1.96. The Morgan fingerprint density at radius 1 is 1.27 bits per heavy atom. The third kappa shape index (κ3) is 2.73. The number of carbonyl (C=O) groups is 2. The van der Waals surface area contributed by atoms with Crippen LogP contribution < -0.4 is 10.4 Å². The van der Waals surface area contributed by atoms with Crippen molar-refractivity contribution in [1.82, 2.24) is 19.9 Å². The first-order chi connectivity index (χ1) is 12.5. The summed E-state index contributed by atoms with van der Waals surface area (Å²) in [6.45, 7) is 2.74. The highest BCUT2D eigenvalue weighted by Gasteiger charge is 2.34. The number of aromatic nitrogens is 2. The third-order valence-electron chi connectivity index (χ3n) is 4.73. The average molecular weight is 352 g/mol. The van der Waals surface area contributed by atoms with Gasteiger partial charge in [0.15, 0.2) is 0 Å². The zero-order valence-corrected chi connectivity index (χ0v) is 14.7. The van der Waals surface area contributed by atoms with Gasteiger partial charge in [0.25, 0.3) is 11.8 Å². The maximum Gasteiger partial charge on any atom is 0.291 e. The number of amidine groups is 1. The van der Waals surface area contributed by atoms with Gasteiger partial charge in [0.2, 0.25) is 5.84 Å². The molecule has 0 spiro atoms. The molecule has 1 atom stereocenters. The molecule has 8 nitrogen and oxygen atoms in total. The summed E-state index contributed by atoms with van der Waals surface area (Å²) in [4.78, 5) is 35.8. The molecule has 0 saturated carbocycles. The summed E-state index contributed by atoms with van der Waals surface area (Å²) in [5.41, 5.74) is 5.63. The topological polar surface area (TPSA) is 82.8 Å². The minimum atomic E-state index is -0.620. The van der Waals surface area contributed by atoms with Gasteiger partial charge in [0.05, 0.1) is 24.3 Å². The van der Waals surface area contributed by atoms with E-state index in [1.807, 2.05) is 41.9 Å². The highest BCUT2D eigenvalue weighted by molar-refractivity contribution is 6.39. The Balaban J connectivity index is 1.56. The molecule has 26 heavy (non-hydrogen) atoms. The third-order valence-corrected chi connectivity index (χ3v) is 4.73. The first-order valence-corrected chi connectivity index (χ1v) is 8.56. The van der Waals surface area contributed by atoms with Crippen LogP contribution in [0.4, 0.5) is 5.69 Å². The quantitative estimate of drug-likeness (QED) is 0.860. The van der Waals surface area contributed by atoms with E-state index in [9.17, 15) is 9.59 Å². The Hall–Kier alpha value is -3.16. The first kappa shape index (κ1) is 16.3. The second-order valence-corrected chi connectivity index (χ2v) is 6.50. The van der Waals surface area contributed by atoms with E-state index in [1.165, 1.54) is 5.01 Å². The molecule has 134 valence electrons. The van der Waals surface area contributed by atoms with Gasteiger partial charge in [0.1, 0.15) is 6.04 Å². The standard InChI is InChI=1S/C18H20N6O2/c1-12-17(25)24(13-6-4-3-5-7-13)21-16(20-12)18(26)23-9-8-15-14(10-23)19-11-22(15)2/h3-7,11-12H,8-10H2,1-2H3,(H,20,21). The Bertz CT molecular complexity index is 888. The van der Waals surface area contributed by atoms with Crippen molar-refractivity contribution in [3.05, 3.63) is 48.0 Å². The number of para-hydroxylation sites is 1. The van der Waals surface area contributed by atoms with Gasteiger partial charge in [-0.25, -0.2) is 15.0 Å². The Kier molecular flexibility index (Phi) is 3.95. The zero-order chi connectivity index (χ0) is 18.3. The molecule has 2 aliphatic rings. The van der Waals surface area contributed by atoms with Crippen molar-refractivity contribution >= 4 is 23.3 Å². The molecule has 4 rings (SSSR count). The number of imidazole rings is 1. The van der Waals surface area contributed by atoms with Crippen molar-refractivity contribution < 1.29 is 9.59 Å². The fourth-order valence-corrected chi connectivity index (χ4v) is 3.28. The van der Waals surface area contributed by atoms with Crippen LogP contribution in [0.5, 0.6) is 0 Å². The maximum absolute atomic E-state index is 13.0. The molecule has 1 aromatic carbocycles. The number of aryl methyl sites for hydroxylation is 1. The highest BCUT2D eigenvalue weighted by atomic mass is 16.2. The largest absolute Gasteiger partial charge is 0.337 e. The molecule has 1 aromatic heterocycles. The minimum absolute atomic E-state index is 0.181. The molecular weight excluding hydrogens is 332 g/mol. The predicted molar refractivity (Wildman–Crippen MR) is 96.3 cm³/mol. The van der Waals surface area contributed by atoms with E-state index in [-0.39, 0.29) is 17.6 Å². The summed E-state index contributed by atoms with van der Waals surface area (Å²) in [6.07, 6.45) is 2.52. The molecule has 3 heterocycles. The SMILES string of the molecule is CC1N=C(C(=O)N2CCc3c(ncn3C)C2)NN(c2ccccc2)C1=O. The molecular formula is C18H20N6O2. The number of hydrogen-bond donors (Lipinski definition) is 1. The normalized spacial score (nSPS) is 19.7. The minimum Gasteiger partial charge on any atom is -0.337 e. The Labute approximate surface area is 151 Å². The van der Waals surface area contributed by atoms with E-state index < -0.39 is 6.04 Å². The zero-order valence-electron chi connectivity index (χ0n) is 14.7. The smallest absolute Gasteiger partial charge is 0.291 e. The molecule has 2 aliphatic heterocycles. The van der Waals surface area contributed by atoms with Crippen LogP contribution in [0, 0.1) is 0 Å². The molecule has 1 N–H and O–H groups in total. The van der Waals surface area contributed by atoms with Crippen LogP contribution in [0.1, 0.15) is 18.3 Å². The van der Waals surface area contributed by atoms with E-state index in [0.29, 0.717) is 18.8 Å². The van der Waals surface area contributed by atoms with Crippen LogP contribution in [-0.2, 0) is 29.6 Å². The van der Waals surface area contributed by atoms with Crippen LogP contribution in [0.15, 0.2) is 41.7 Å². The molecule has 0 aliphatic carbocycles. The van der Waals surface area contributed by atoms with E-state index in [4.69, 9.17) is 0 Å². The number of aliphatic imine (C=N–C) groups is 1. The van der Waals surface area contributed by atoms with Gasteiger partial charge in [-0.3, -0.25) is 15.0 Å². The first-order valence-electron chi connectivity index (χ1n) is 8.56. The molecule has 1 unspecified atom stereocenters. The highest BCUT2D eigenvalue weighted by Crippen LogP contribution is 2.19. The summed E-state index contributed by atoms with van der Waals surface area (Å²) >= 11 is 0. The van der Waals surface area contributed by atoms with E-state index in [0.717, 1.165) is 17.8 Å². The van der Waals surface area contributed by atoms with E-state index >= 15 is 0 Å². The van der Waals surface area contributed by atoms with Gasteiger partial charge in [-0.1, -0.05) is 18.2 Å². The number of rotatable bonds is 2. The van der Waals surface area contributed by atoms with Crippen molar-refractivity contribution in [2.75, 3.05) is 11.6 Å². The number of nitrogens with zero attached hydrogens (tertiary/aromatic N) is 5. The Morgan fingerprint density at radius 3 is 2.81 bits per heavy atom. The molecule has 8 heteroatoms. The summed E-state index contributed by atoms with van der Waals surface area (Å²) in [5.74, 6) is -0.236. The monoisotopic (exact) mass is 352 g/mol. The van der Waals surface area contributed by atoms with Crippen molar-refractivity contribution in [3.63, 3.8) is 0 Å². The number of amides is 2. The van der Waals surface area contributed by atoms with Crippen LogP contribution in [0.2, 0.25) is 0 Å². The summed E-state index contributed by atoms with van der Waals surface area (Å²) in [6, 6.07) is 8.56. The van der Waals surface area contributed by atoms with Gasteiger partial charge in [-0.2, -0.15) is 0 Å². The van der Waals surface area contributed by atoms with Crippen LogP contribution in [0.3, 0.4) is 0 Å². The summed E-state index contributed by atoms with van der Waals surface area (Å²) in [5, 5.41) is 1.39. The van der Waals surface area contributed by atoms with Crippen molar-refractivity contribution in [3.8, 4) is 0 Å². The fourth-order valence-electron chi connectivity index (χ4n) is 3.28. The van der Waals surface area contributed by atoms with Crippen molar-refractivity contribution in [2.45, 2.75) is 25.9 Å². The van der Waals surface area contributed by atoms with Gasteiger partial charge in [-0.05, 0) is 19.1 Å². The van der Waals surface area contributed by atoms with Crippen LogP contribution >= 0.6 is 0 Å². The number of hydrogen-bond acceptors (Lipinski definition) is 5.